The van der Waals surface area contributed by atoms with Crippen LogP contribution in [0.5, 0.6) is 0 Å². The van der Waals surface area contributed by atoms with Crippen molar-refractivity contribution in [3.63, 3.8) is 0 Å². The number of anilines is 2. The summed E-state index contributed by atoms with van der Waals surface area (Å²) in [5.74, 6) is 0. The fourth-order valence-electron chi connectivity index (χ4n) is 2.18. The first kappa shape index (κ1) is 13.2. The van der Waals surface area contributed by atoms with Crippen molar-refractivity contribution < 1.29 is 4.79 Å². The van der Waals surface area contributed by atoms with Gasteiger partial charge in [-0.15, -0.1) is 0 Å². The predicted octanol–water partition coefficient (Wildman–Crippen LogP) is 3.24. The molecule has 0 saturated carbocycles. The lowest BCUT2D eigenvalue weighted by Gasteiger charge is -2.18. The van der Waals surface area contributed by atoms with E-state index in [0.717, 1.165) is 22.4 Å². The number of amides is 2. The molecule has 106 valence electrons. The third kappa shape index (κ3) is 2.58. The number of hydrogen-bond donors (Lipinski definition) is 1. The Bertz CT molecular complexity index is 779. The first-order valence-corrected chi connectivity index (χ1v) is 6.66. The second-order valence-electron chi connectivity index (χ2n) is 4.88. The van der Waals surface area contributed by atoms with Crippen LogP contribution < -0.4 is 10.2 Å². The summed E-state index contributed by atoms with van der Waals surface area (Å²) in [6, 6.07) is 15.0. The fraction of sp³-hybridized carbons (Fsp3) is 0.125. The molecule has 0 fully saturated rings. The van der Waals surface area contributed by atoms with Crippen molar-refractivity contribution in [1.29, 1.82) is 0 Å². The van der Waals surface area contributed by atoms with Gasteiger partial charge in [-0.05, 0) is 30.3 Å². The maximum atomic E-state index is 12.2. The number of rotatable bonds is 2. The number of urea groups is 1. The van der Waals surface area contributed by atoms with Crippen LogP contribution in [0.25, 0.3) is 11.0 Å². The highest BCUT2D eigenvalue weighted by atomic mass is 16.2. The molecule has 0 radical (unpaired) electrons. The summed E-state index contributed by atoms with van der Waals surface area (Å²) in [4.78, 5) is 18.1. The van der Waals surface area contributed by atoms with Gasteiger partial charge in [0, 0.05) is 25.5 Å². The SMILES string of the molecule is CN(C(=O)Nc1ccccc1)c1ccc2c(c1)ncn2C. The van der Waals surface area contributed by atoms with E-state index in [4.69, 9.17) is 0 Å². The van der Waals surface area contributed by atoms with Gasteiger partial charge in [0.1, 0.15) is 0 Å². The van der Waals surface area contributed by atoms with Crippen molar-refractivity contribution in [2.75, 3.05) is 17.3 Å². The lowest BCUT2D eigenvalue weighted by Crippen LogP contribution is -2.31. The molecule has 0 aliphatic rings. The van der Waals surface area contributed by atoms with Crippen LogP contribution in [0, 0.1) is 0 Å². The Hall–Kier alpha value is -2.82. The number of imidazole rings is 1. The molecule has 2 aromatic carbocycles. The molecule has 2 amide bonds. The van der Waals surface area contributed by atoms with Crippen LogP contribution in [0.4, 0.5) is 16.2 Å². The van der Waals surface area contributed by atoms with Crippen LogP contribution in [0.3, 0.4) is 0 Å². The Morgan fingerprint density at radius 3 is 2.71 bits per heavy atom. The smallest absolute Gasteiger partial charge is 0.326 e. The average Bonchev–Trinajstić information content (AvgIpc) is 2.88. The number of nitrogens with zero attached hydrogens (tertiary/aromatic N) is 3. The molecule has 21 heavy (non-hydrogen) atoms. The quantitative estimate of drug-likeness (QED) is 0.783. The molecule has 0 unspecified atom stereocenters. The molecular formula is C16H16N4O. The number of fused-ring (bicyclic) bond motifs is 1. The third-order valence-electron chi connectivity index (χ3n) is 3.43. The molecule has 3 rings (SSSR count). The molecule has 0 bridgehead atoms. The molecule has 5 nitrogen and oxygen atoms in total. The van der Waals surface area contributed by atoms with Crippen molar-refractivity contribution in [2.24, 2.45) is 7.05 Å². The molecule has 1 aromatic heterocycles. The first-order valence-electron chi connectivity index (χ1n) is 6.66. The molecule has 5 heteroatoms. The molecule has 0 aliphatic carbocycles. The van der Waals surface area contributed by atoms with E-state index in [0.29, 0.717) is 0 Å². The van der Waals surface area contributed by atoms with Crippen LogP contribution in [0.2, 0.25) is 0 Å². The number of carbonyl (C=O) groups is 1. The first-order chi connectivity index (χ1) is 10.1. The minimum absolute atomic E-state index is 0.184. The molecule has 3 aromatic rings. The van der Waals surface area contributed by atoms with Crippen molar-refractivity contribution in [3.8, 4) is 0 Å². The van der Waals surface area contributed by atoms with Gasteiger partial charge < -0.3 is 9.88 Å². The number of aryl methyl sites for hydroxylation is 1. The second kappa shape index (κ2) is 5.28. The average molecular weight is 280 g/mol. The lowest BCUT2D eigenvalue weighted by molar-refractivity contribution is 0.258. The van der Waals surface area contributed by atoms with Gasteiger partial charge in [-0.2, -0.15) is 0 Å². The largest absolute Gasteiger partial charge is 0.334 e. The van der Waals surface area contributed by atoms with Gasteiger partial charge in [0.2, 0.25) is 0 Å². The fourth-order valence-corrected chi connectivity index (χ4v) is 2.18. The highest BCUT2D eigenvalue weighted by Gasteiger charge is 2.12. The molecule has 0 aliphatic heterocycles. The lowest BCUT2D eigenvalue weighted by atomic mass is 10.2. The molecule has 1 heterocycles. The minimum atomic E-state index is -0.184. The number of benzene rings is 2. The number of aromatic nitrogens is 2. The van der Waals surface area contributed by atoms with Gasteiger partial charge in [-0.1, -0.05) is 18.2 Å². The van der Waals surface area contributed by atoms with Gasteiger partial charge in [0.25, 0.3) is 0 Å². The highest BCUT2D eigenvalue weighted by molar-refractivity contribution is 6.02. The summed E-state index contributed by atoms with van der Waals surface area (Å²) in [6.07, 6.45) is 1.76. The molecule has 0 atom stereocenters. The number of para-hydroxylation sites is 1. The number of nitrogens with one attached hydrogen (secondary N) is 1. The molecule has 0 saturated heterocycles. The molecular weight excluding hydrogens is 264 g/mol. The molecule has 0 spiro atoms. The van der Waals surface area contributed by atoms with Crippen molar-refractivity contribution in [2.45, 2.75) is 0 Å². The zero-order valence-corrected chi connectivity index (χ0v) is 11.9. The van der Waals surface area contributed by atoms with Gasteiger partial charge in [-0.25, -0.2) is 9.78 Å². The summed E-state index contributed by atoms with van der Waals surface area (Å²) < 4.78 is 1.95. The Morgan fingerprint density at radius 1 is 1.19 bits per heavy atom. The Balaban J connectivity index is 1.82. The Morgan fingerprint density at radius 2 is 1.95 bits per heavy atom. The zero-order valence-electron chi connectivity index (χ0n) is 11.9. The van der Waals surface area contributed by atoms with E-state index in [9.17, 15) is 4.79 Å². The summed E-state index contributed by atoms with van der Waals surface area (Å²) in [5.41, 5.74) is 3.48. The summed E-state index contributed by atoms with van der Waals surface area (Å²) >= 11 is 0. The van der Waals surface area contributed by atoms with E-state index < -0.39 is 0 Å². The summed E-state index contributed by atoms with van der Waals surface area (Å²) in [7, 11) is 3.68. The standard InChI is InChI=1S/C16H16N4O/c1-19-11-17-14-10-13(8-9-15(14)19)20(2)16(21)18-12-6-4-3-5-7-12/h3-11H,1-2H3,(H,18,21). The minimum Gasteiger partial charge on any atom is -0.334 e. The van der Waals surface area contributed by atoms with Gasteiger partial charge in [0.15, 0.2) is 0 Å². The van der Waals surface area contributed by atoms with Gasteiger partial charge in [0.05, 0.1) is 17.4 Å². The van der Waals surface area contributed by atoms with E-state index in [-0.39, 0.29) is 6.03 Å². The second-order valence-corrected chi connectivity index (χ2v) is 4.88. The normalized spacial score (nSPS) is 10.6. The maximum Gasteiger partial charge on any atom is 0.326 e. The summed E-state index contributed by atoms with van der Waals surface area (Å²) in [6.45, 7) is 0. The Labute approximate surface area is 122 Å². The predicted molar refractivity (Wildman–Crippen MR) is 84.6 cm³/mol. The van der Waals surface area contributed by atoms with Crippen molar-refractivity contribution in [3.05, 3.63) is 54.9 Å². The number of carbonyl (C=O) groups excluding carboxylic acids is 1. The van der Waals surface area contributed by atoms with E-state index in [1.165, 1.54) is 0 Å². The van der Waals surface area contributed by atoms with E-state index in [2.05, 4.69) is 10.3 Å². The van der Waals surface area contributed by atoms with Crippen LogP contribution >= 0.6 is 0 Å². The van der Waals surface area contributed by atoms with Gasteiger partial charge in [-0.3, -0.25) is 4.90 Å². The third-order valence-corrected chi connectivity index (χ3v) is 3.43. The van der Waals surface area contributed by atoms with Crippen LogP contribution in [-0.2, 0) is 7.05 Å². The van der Waals surface area contributed by atoms with Gasteiger partial charge >= 0.3 is 6.03 Å². The van der Waals surface area contributed by atoms with Crippen molar-refractivity contribution in [1.82, 2.24) is 9.55 Å². The number of hydrogen-bond acceptors (Lipinski definition) is 2. The zero-order chi connectivity index (χ0) is 14.8. The summed E-state index contributed by atoms with van der Waals surface area (Å²) in [5, 5.41) is 2.85. The molecule has 1 N–H and O–H groups in total. The maximum absolute atomic E-state index is 12.2. The van der Waals surface area contributed by atoms with Crippen LogP contribution in [0.1, 0.15) is 0 Å². The Kier molecular flexibility index (Phi) is 3.31. The van der Waals surface area contributed by atoms with E-state index in [1.807, 2.05) is 60.1 Å². The highest BCUT2D eigenvalue weighted by Crippen LogP contribution is 2.20. The monoisotopic (exact) mass is 280 g/mol. The van der Waals surface area contributed by atoms with Crippen molar-refractivity contribution >= 4 is 28.4 Å². The topological polar surface area (TPSA) is 50.2 Å². The van der Waals surface area contributed by atoms with E-state index in [1.54, 1.807) is 18.3 Å². The van der Waals surface area contributed by atoms with Crippen LogP contribution in [-0.4, -0.2) is 22.6 Å². The van der Waals surface area contributed by atoms with E-state index >= 15 is 0 Å². The van der Waals surface area contributed by atoms with Crippen LogP contribution in [0.15, 0.2) is 54.9 Å².